The number of carbonyl (C=O) groups is 1. The topological polar surface area (TPSA) is 44.7 Å². The Morgan fingerprint density at radius 1 is 1.25 bits per heavy atom. The minimum atomic E-state index is -0.282. The lowest BCUT2D eigenvalue weighted by Crippen LogP contribution is -2.45. The zero-order valence-electron chi connectivity index (χ0n) is 10.8. The Morgan fingerprint density at radius 2 is 1.95 bits per heavy atom. The number of amides is 1. The number of rotatable bonds is 1. The standard InChI is InChI=1S/C14H14FN3OS/c15-11-3-1-10(2-4-11)9-12-13(19)17-14(20-12)18-7-5-16-6-8-18/h1-4,9,16H,5-8H2/b12-9+. The first-order valence-corrected chi connectivity index (χ1v) is 7.28. The highest BCUT2D eigenvalue weighted by Gasteiger charge is 2.26. The summed E-state index contributed by atoms with van der Waals surface area (Å²) in [5.41, 5.74) is 0.805. The van der Waals surface area contributed by atoms with E-state index in [2.05, 4.69) is 15.2 Å². The zero-order valence-corrected chi connectivity index (χ0v) is 11.6. The van der Waals surface area contributed by atoms with E-state index in [4.69, 9.17) is 0 Å². The van der Waals surface area contributed by atoms with Crippen LogP contribution in [0, 0.1) is 5.82 Å². The number of piperazine rings is 1. The number of aliphatic imine (C=N–C) groups is 1. The maximum absolute atomic E-state index is 12.9. The Labute approximate surface area is 120 Å². The minimum absolute atomic E-state index is 0.215. The fourth-order valence-corrected chi connectivity index (χ4v) is 3.06. The van der Waals surface area contributed by atoms with E-state index in [0.717, 1.165) is 36.9 Å². The molecule has 1 amide bonds. The second-order valence-electron chi connectivity index (χ2n) is 4.60. The average Bonchev–Trinajstić information content (AvgIpc) is 2.84. The summed E-state index contributed by atoms with van der Waals surface area (Å²) in [5, 5.41) is 4.03. The van der Waals surface area contributed by atoms with E-state index in [9.17, 15) is 9.18 Å². The number of hydrogen-bond acceptors (Lipinski definition) is 4. The summed E-state index contributed by atoms with van der Waals surface area (Å²) in [6.45, 7) is 3.54. The molecule has 6 heteroatoms. The molecule has 3 rings (SSSR count). The molecule has 0 aromatic heterocycles. The van der Waals surface area contributed by atoms with Crippen molar-refractivity contribution in [2.24, 2.45) is 4.99 Å². The fourth-order valence-electron chi connectivity index (χ4n) is 2.10. The average molecular weight is 291 g/mol. The SMILES string of the molecule is O=C1N=C(N2CCNCC2)S/C1=C/c1ccc(F)cc1. The molecular formula is C14H14FN3OS. The highest BCUT2D eigenvalue weighted by Crippen LogP contribution is 2.30. The van der Waals surface area contributed by atoms with Crippen molar-refractivity contribution >= 4 is 28.9 Å². The first-order chi connectivity index (χ1) is 9.72. The summed E-state index contributed by atoms with van der Waals surface area (Å²) in [7, 11) is 0. The van der Waals surface area contributed by atoms with E-state index in [1.54, 1.807) is 18.2 Å². The molecular weight excluding hydrogens is 277 g/mol. The van der Waals surface area contributed by atoms with Crippen LogP contribution in [0.2, 0.25) is 0 Å². The van der Waals surface area contributed by atoms with Crippen molar-refractivity contribution in [3.05, 3.63) is 40.6 Å². The zero-order chi connectivity index (χ0) is 13.9. The summed E-state index contributed by atoms with van der Waals surface area (Å²) in [4.78, 5) is 18.7. The van der Waals surface area contributed by atoms with Crippen LogP contribution in [-0.2, 0) is 4.79 Å². The predicted octanol–water partition coefficient (Wildman–Crippen LogP) is 1.70. The molecule has 1 saturated heterocycles. The van der Waals surface area contributed by atoms with Crippen molar-refractivity contribution in [1.29, 1.82) is 0 Å². The Bertz CT molecular complexity index is 577. The highest BCUT2D eigenvalue weighted by atomic mass is 32.2. The third-order valence-electron chi connectivity index (χ3n) is 3.16. The smallest absolute Gasteiger partial charge is 0.286 e. The molecule has 104 valence electrons. The summed E-state index contributed by atoms with van der Waals surface area (Å²) >= 11 is 1.39. The first-order valence-electron chi connectivity index (χ1n) is 6.46. The number of nitrogens with zero attached hydrogens (tertiary/aromatic N) is 2. The van der Waals surface area contributed by atoms with Crippen molar-refractivity contribution in [2.75, 3.05) is 26.2 Å². The van der Waals surface area contributed by atoms with Gasteiger partial charge in [0.25, 0.3) is 5.91 Å². The van der Waals surface area contributed by atoms with Crippen molar-refractivity contribution in [3.8, 4) is 0 Å². The number of halogens is 1. The van der Waals surface area contributed by atoms with Gasteiger partial charge in [-0.2, -0.15) is 4.99 Å². The Hall–Kier alpha value is -1.66. The summed E-state index contributed by atoms with van der Waals surface area (Å²) in [5.74, 6) is -0.497. The first kappa shape index (κ1) is 13.3. The van der Waals surface area contributed by atoms with Crippen LogP contribution in [0.1, 0.15) is 5.56 Å². The molecule has 0 aliphatic carbocycles. The molecule has 0 bridgehead atoms. The normalized spacial score (nSPS) is 21.4. The molecule has 2 aliphatic rings. The number of nitrogens with one attached hydrogen (secondary N) is 1. The number of carbonyl (C=O) groups excluding carboxylic acids is 1. The number of thioether (sulfide) groups is 1. The fraction of sp³-hybridized carbons (Fsp3) is 0.286. The van der Waals surface area contributed by atoms with Gasteiger partial charge >= 0.3 is 0 Å². The molecule has 2 aliphatic heterocycles. The Kier molecular flexibility index (Phi) is 3.84. The number of benzene rings is 1. The van der Waals surface area contributed by atoms with Gasteiger partial charge in [0.2, 0.25) is 0 Å². The summed E-state index contributed by atoms with van der Waals surface area (Å²) in [6, 6.07) is 6.07. The molecule has 4 nitrogen and oxygen atoms in total. The molecule has 1 fully saturated rings. The van der Waals surface area contributed by atoms with Crippen LogP contribution < -0.4 is 5.32 Å². The number of hydrogen-bond donors (Lipinski definition) is 1. The third kappa shape index (κ3) is 2.91. The maximum atomic E-state index is 12.9. The van der Waals surface area contributed by atoms with Crippen LogP contribution in [0.3, 0.4) is 0 Å². The van der Waals surface area contributed by atoms with Crippen molar-refractivity contribution in [1.82, 2.24) is 10.2 Å². The lowest BCUT2D eigenvalue weighted by molar-refractivity contribution is -0.113. The van der Waals surface area contributed by atoms with Crippen LogP contribution in [0.5, 0.6) is 0 Å². The highest BCUT2D eigenvalue weighted by molar-refractivity contribution is 8.18. The van der Waals surface area contributed by atoms with E-state index in [1.807, 2.05) is 0 Å². The van der Waals surface area contributed by atoms with Crippen molar-refractivity contribution < 1.29 is 9.18 Å². The van der Waals surface area contributed by atoms with Gasteiger partial charge in [-0.15, -0.1) is 0 Å². The van der Waals surface area contributed by atoms with Gasteiger partial charge in [0.1, 0.15) is 5.82 Å². The maximum Gasteiger partial charge on any atom is 0.286 e. The van der Waals surface area contributed by atoms with Gasteiger partial charge in [0, 0.05) is 26.2 Å². The molecule has 2 heterocycles. The van der Waals surface area contributed by atoms with Crippen LogP contribution in [-0.4, -0.2) is 42.2 Å². The van der Waals surface area contributed by atoms with Crippen LogP contribution >= 0.6 is 11.8 Å². The van der Waals surface area contributed by atoms with Crippen LogP contribution in [0.25, 0.3) is 6.08 Å². The summed E-state index contributed by atoms with van der Waals surface area (Å²) in [6.07, 6.45) is 1.76. The monoisotopic (exact) mass is 291 g/mol. The van der Waals surface area contributed by atoms with Gasteiger partial charge in [0.15, 0.2) is 5.17 Å². The van der Waals surface area contributed by atoms with E-state index in [-0.39, 0.29) is 11.7 Å². The van der Waals surface area contributed by atoms with Gasteiger partial charge in [-0.3, -0.25) is 4.79 Å². The second-order valence-corrected chi connectivity index (χ2v) is 5.61. The van der Waals surface area contributed by atoms with Crippen molar-refractivity contribution in [3.63, 3.8) is 0 Å². The molecule has 1 N–H and O–H groups in total. The molecule has 0 saturated carbocycles. The molecule has 0 spiro atoms. The van der Waals surface area contributed by atoms with Gasteiger partial charge in [-0.1, -0.05) is 12.1 Å². The van der Waals surface area contributed by atoms with Gasteiger partial charge in [-0.05, 0) is 35.5 Å². The molecule has 0 unspecified atom stereocenters. The predicted molar refractivity (Wildman–Crippen MR) is 78.9 cm³/mol. The molecule has 1 aromatic carbocycles. The Morgan fingerprint density at radius 3 is 2.65 bits per heavy atom. The summed E-state index contributed by atoms with van der Waals surface area (Å²) < 4.78 is 12.9. The van der Waals surface area contributed by atoms with Crippen molar-refractivity contribution in [2.45, 2.75) is 0 Å². The molecule has 0 radical (unpaired) electrons. The second kappa shape index (κ2) is 5.76. The molecule has 0 atom stereocenters. The van der Waals surface area contributed by atoms with Gasteiger partial charge in [0.05, 0.1) is 4.91 Å². The molecule has 20 heavy (non-hydrogen) atoms. The Balaban J connectivity index is 1.74. The quantitative estimate of drug-likeness (QED) is 0.800. The van der Waals surface area contributed by atoms with Gasteiger partial charge in [-0.25, -0.2) is 4.39 Å². The van der Waals surface area contributed by atoms with Crippen LogP contribution in [0.4, 0.5) is 4.39 Å². The largest absolute Gasteiger partial charge is 0.348 e. The van der Waals surface area contributed by atoms with E-state index in [0.29, 0.717) is 4.91 Å². The van der Waals surface area contributed by atoms with E-state index >= 15 is 0 Å². The number of amidine groups is 1. The van der Waals surface area contributed by atoms with Crippen LogP contribution in [0.15, 0.2) is 34.2 Å². The third-order valence-corrected chi connectivity index (χ3v) is 4.21. The van der Waals surface area contributed by atoms with E-state index in [1.165, 1.54) is 23.9 Å². The lowest BCUT2D eigenvalue weighted by Gasteiger charge is -2.27. The van der Waals surface area contributed by atoms with E-state index < -0.39 is 0 Å². The van der Waals surface area contributed by atoms with Gasteiger partial charge < -0.3 is 10.2 Å². The molecule has 1 aromatic rings. The lowest BCUT2D eigenvalue weighted by atomic mass is 10.2. The minimum Gasteiger partial charge on any atom is -0.348 e.